The summed E-state index contributed by atoms with van der Waals surface area (Å²) in [6.07, 6.45) is 1.73. The van der Waals surface area contributed by atoms with Crippen LogP contribution in [0.25, 0.3) is 0 Å². The Morgan fingerprint density at radius 2 is 1.77 bits per heavy atom. The Balaban J connectivity index is 2.04. The maximum absolute atomic E-state index is 12.2. The highest BCUT2D eigenvalue weighted by atomic mass is 16.5. The molecule has 2 aromatic carbocycles. The average molecular weight is 352 g/mol. The highest BCUT2D eigenvalue weighted by molar-refractivity contribution is 5.75. The second-order valence-corrected chi connectivity index (χ2v) is 8.38. The summed E-state index contributed by atoms with van der Waals surface area (Å²) < 4.78 is 5.63. The third kappa shape index (κ3) is 3.11. The molecular formula is C23H28O3. The molecule has 1 aliphatic rings. The van der Waals surface area contributed by atoms with Crippen molar-refractivity contribution in [3.05, 3.63) is 59.2 Å². The van der Waals surface area contributed by atoms with Gasteiger partial charge in [0.05, 0.1) is 5.92 Å². The quantitative estimate of drug-likeness (QED) is 0.597. The van der Waals surface area contributed by atoms with Crippen LogP contribution in [0.3, 0.4) is 0 Å². The zero-order valence-corrected chi connectivity index (χ0v) is 16.3. The van der Waals surface area contributed by atoms with E-state index < -0.39 is 0 Å². The number of ether oxygens (including phenoxy) is 1. The van der Waals surface area contributed by atoms with E-state index in [9.17, 15) is 9.90 Å². The van der Waals surface area contributed by atoms with Gasteiger partial charge in [0.15, 0.2) is 0 Å². The number of phenolic OH excluding ortho intramolecular Hbond substituents is 1. The number of esters is 1. The highest BCUT2D eigenvalue weighted by Crippen LogP contribution is 2.53. The number of benzene rings is 2. The van der Waals surface area contributed by atoms with E-state index in [0.717, 1.165) is 18.4 Å². The number of rotatable bonds is 4. The van der Waals surface area contributed by atoms with Crippen molar-refractivity contribution < 1.29 is 14.6 Å². The SMILES string of the molecule is CCC(C)C(=O)Oc1ccc2c(c1)C(C)(c1ccc(O)cc1)CC2(C)C. The van der Waals surface area contributed by atoms with Crippen molar-refractivity contribution >= 4 is 5.97 Å². The van der Waals surface area contributed by atoms with Crippen LogP contribution in [0.4, 0.5) is 0 Å². The van der Waals surface area contributed by atoms with Gasteiger partial charge in [0, 0.05) is 5.41 Å². The van der Waals surface area contributed by atoms with Crippen LogP contribution in [0.15, 0.2) is 42.5 Å². The fraction of sp³-hybridized carbons (Fsp3) is 0.435. The van der Waals surface area contributed by atoms with Crippen molar-refractivity contribution in [2.45, 2.75) is 58.3 Å². The zero-order valence-electron chi connectivity index (χ0n) is 16.3. The molecule has 3 heteroatoms. The fourth-order valence-electron chi connectivity index (χ4n) is 4.18. The van der Waals surface area contributed by atoms with Gasteiger partial charge in [0.2, 0.25) is 0 Å². The maximum Gasteiger partial charge on any atom is 0.314 e. The summed E-state index contributed by atoms with van der Waals surface area (Å²) in [4.78, 5) is 12.2. The van der Waals surface area contributed by atoms with E-state index in [1.807, 2.05) is 38.1 Å². The molecule has 0 saturated carbocycles. The molecule has 3 nitrogen and oxygen atoms in total. The van der Waals surface area contributed by atoms with Gasteiger partial charge in [-0.15, -0.1) is 0 Å². The van der Waals surface area contributed by atoms with Crippen molar-refractivity contribution in [3.8, 4) is 11.5 Å². The van der Waals surface area contributed by atoms with Gasteiger partial charge < -0.3 is 9.84 Å². The highest BCUT2D eigenvalue weighted by Gasteiger charge is 2.45. The van der Waals surface area contributed by atoms with E-state index >= 15 is 0 Å². The first-order chi connectivity index (χ1) is 12.2. The molecule has 2 atom stereocenters. The predicted octanol–water partition coefficient (Wildman–Crippen LogP) is 5.33. The van der Waals surface area contributed by atoms with Crippen molar-refractivity contribution in [1.82, 2.24) is 0 Å². The largest absolute Gasteiger partial charge is 0.508 e. The normalized spacial score (nSPS) is 21.9. The van der Waals surface area contributed by atoms with Crippen molar-refractivity contribution in [2.24, 2.45) is 5.92 Å². The van der Waals surface area contributed by atoms with Crippen LogP contribution in [-0.4, -0.2) is 11.1 Å². The topological polar surface area (TPSA) is 46.5 Å². The molecule has 0 bridgehead atoms. The van der Waals surface area contributed by atoms with Crippen LogP contribution in [0.1, 0.15) is 64.2 Å². The summed E-state index contributed by atoms with van der Waals surface area (Å²) >= 11 is 0. The number of phenols is 1. The molecule has 0 radical (unpaired) electrons. The molecule has 0 aliphatic heterocycles. The molecule has 1 aliphatic carbocycles. The smallest absolute Gasteiger partial charge is 0.314 e. The first-order valence-corrected chi connectivity index (χ1v) is 9.33. The molecule has 138 valence electrons. The van der Waals surface area contributed by atoms with Gasteiger partial charge in [-0.3, -0.25) is 4.79 Å². The Morgan fingerprint density at radius 1 is 1.12 bits per heavy atom. The number of carbonyl (C=O) groups excluding carboxylic acids is 1. The first-order valence-electron chi connectivity index (χ1n) is 9.33. The lowest BCUT2D eigenvalue weighted by Crippen LogP contribution is -2.23. The Kier molecular flexibility index (Phi) is 4.60. The Labute approximate surface area is 156 Å². The lowest BCUT2D eigenvalue weighted by Gasteiger charge is -2.28. The lowest BCUT2D eigenvalue weighted by molar-refractivity contribution is -0.138. The van der Waals surface area contributed by atoms with Gasteiger partial charge in [0.1, 0.15) is 11.5 Å². The summed E-state index contributed by atoms with van der Waals surface area (Å²) in [6, 6.07) is 13.5. The van der Waals surface area contributed by atoms with Gasteiger partial charge in [0.25, 0.3) is 0 Å². The average Bonchev–Trinajstić information content (AvgIpc) is 2.81. The third-order valence-corrected chi connectivity index (χ3v) is 5.85. The number of fused-ring (bicyclic) bond motifs is 1. The van der Waals surface area contributed by atoms with E-state index in [-0.39, 0.29) is 28.5 Å². The zero-order chi connectivity index (χ0) is 19.1. The van der Waals surface area contributed by atoms with Gasteiger partial charge in [-0.05, 0) is 59.2 Å². The summed E-state index contributed by atoms with van der Waals surface area (Å²) in [5, 5.41) is 9.64. The van der Waals surface area contributed by atoms with Crippen molar-refractivity contribution in [2.75, 3.05) is 0 Å². The van der Waals surface area contributed by atoms with Gasteiger partial charge in [-0.1, -0.05) is 52.8 Å². The van der Waals surface area contributed by atoms with E-state index in [2.05, 4.69) is 26.8 Å². The molecule has 0 spiro atoms. The second kappa shape index (κ2) is 6.46. The minimum Gasteiger partial charge on any atom is -0.508 e. The molecule has 1 N–H and O–H groups in total. The van der Waals surface area contributed by atoms with E-state index in [0.29, 0.717) is 5.75 Å². The molecule has 3 rings (SSSR count). The fourth-order valence-corrected chi connectivity index (χ4v) is 4.18. The van der Waals surface area contributed by atoms with Crippen molar-refractivity contribution in [3.63, 3.8) is 0 Å². The standard InChI is InChI=1S/C23H28O3/c1-6-15(2)21(25)26-18-11-12-19-20(13-18)23(5,14-22(19,3)4)16-7-9-17(24)10-8-16/h7-13,15,24H,6,14H2,1-5H3. The molecule has 0 aromatic heterocycles. The molecule has 0 amide bonds. The Morgan fingerprint density at radius 3 is 2.38 bits per heavy atom. The second-order valence-electron chi connectivity index (χ2n) is 8.38. The van der Waals surface area contributed by atoms with E-state index in [4.69, 9.17) is 4.74 Å². The number of hydrogen-bond donors (Lipinski definition) is 1. The predicted molar refractivity (Wildman–Crippen MR) is 104 cm³/mol. The first kappa shape index (κ1) is 18.5. The van der Waals surface area contributed by atoms with Crippen LogP contribution in [0.5, 0.6) is 11.5 Å². The lowest BCUT2D eigenvalue weighted by atomic mass is 9.75. The van der Waals surface area contributed by atoms with Crippen LogP contribution >= 0.6 is 0 Å². The summed E-state index contributed by atoms with van der Waals surface area (Å²) in [5.41, 5.74) is 3.48. The van der Waals surface area contributed by atoms with Crippen LogP contribution < -0.4 is 4.74 Å². The van der Waals surface area contributed by atoms with Crippen LogP contribution in [-0.2, 0) is 15.6 Å². The summed E-state index contributed by atoms with van der Waals surface area (Å²) in [5.74, 6) is 0.585. The van der Waals surface area contributed by atoms with Gasteiger partial charge >= 0.3 is 5.97 Å². The van der Waals surface area contributed by atoms with Crippen LogP contribution in [0.2, 0.25) is 0 Å². The Bertz CT molecular complexity index is 820. The number of aromatic hydroxyl groups is 1. The number of hydrogen-bond acceptors (Lipinski definition) is 3. The Hall–Kier alpha value is -2.29. The minimum absolute atomic E-state index is 0.0290. The third-order valence-electron chi connectivity index (χ3n) is 5.85. The van der Waals surface area contributed by atoms with Gasteiger partial charge in [-0.2, -0.15) is 0 Å². The van der Waals surface area contributed by atoms with Gasteiger partial charge in [-0.25, -0.2) is 0 Å². The monoisotopic (exact) mass is 352 g/mol. The maximum atomic E-state index is 12.2. The molecule has 2 unspecified atom stereocenters. The molecule has 0 heterocycles. The minimum atomic E-state index is -0.189. The molecule has 0 fully saturated rings. The van der Waals surface area contributed by atoms with E-state index in [1.165, 1.54) is 11.1 Å². The summed E-state index contributed by atoms with van der Waals surface area (Å²) in [7, 11) is 0. The van der Waals surface area contributed by atoms with Crippen LogP contribution in [0, 0.1) is 5.92 Å². The summed E-state index contributed by atoms with van der Waals surface area (Å²) in [6.45, 7) is 10.6. The molecular weight excluding hydrogens is 324 g/mol. The molecule has 0 saturated heterocycles. The molecule has 26 heavy (non-hydrogen) atoms. The number of carbonyl (C=O) groups is 1. The van der Waals surface area contributed by atoms with Crippen molar-refractivity contribution in [1.29, 1.82) is 0 Å². The van der Waals surface area contributed by atoms with E-state index in [1.54, 1.807) is 12.1 Å². The molecule has 2 aromatic rings.